The van der Waals surface area contributed by atoms with Crippen molar-refractivity contribution >= 4 is 23.5 Å². The van der Waals surface area contributed by atoms with E-state index in [9.17, 15) is 4.79 Å². The Hall–Kier alpha value is -2.14. The van der Waals surface area contributed by atoms with Gasteiger partial charge in [0, 0.05) is 36.3 Å². The summed E-state index contributed by atoms with van der Waals surface area (Å²) in [7, 11) is 0. The molecule has 2 amide bonds. The van der Waals surface area contributed by atoms with Crippen molar-refractivity contribution in [2.75, 3.05) is 29.9 Å². The van der Waals surface area contributed by atoms with Gasteiger partial charge in [0.25, 0.3) is 0 Å². The number of urea groups is 1. The highest BCUT2D eigenvalue weighted by Gasteiger charge is 2.16. The Morgan fingerprint density at radius 2 is 1.73 bits per heavy atom. The molecule has 0 unspecified atom stereocenters. The normalized spacial score (nSPS) is 14.5. The summed E-state index contributed by atoms with van der Waals surface area (Å²) < 4.78 is 5.78. The molecule has 0 aromatic heterocycles. The first-order chi connectivity index (χ1) is 10.8. The minimum absolute atomic E-state index is 0.0443. The van der Waals surface area contributed by atoms with E-state index in [0.29, 0.717) is 5.75 Å². The molecule has 0 spiro atoms. The Balaban J connectivity index is 1.64. The van der Waals surface area contributed by atoms with Crippen molar-refractivity contribution in [2.45, 2.75) is 0 Å². The van der Waals surface area contributed by atoms with Gasteiger partial charge in [0.05, 0.1) is 0 Å². The molecular weight excluding hydrogens is 296 g/mol. The molecular formula is C17H18N2O2S. The van der Waals surface area contributed by atoms with Crippen LogP contribution in [-0.4, -0.2) is 35.5 Å². The van der Waals surface area contributed by atoms with E-state index in [4.69, 9.17) is 4.74 Å². The number of amides is 2. The fourth-order valence-corrected chi connectivity index (χ4v) is 3.13. The van der Waals surface area contributed by atoms with E-state index in [1.54, 1.807) is 0 Å². The monoisotopic (exact) mass is 314 g/mol. The highest BCUT2D eigenvalue weighted by molar-refractivity contribution is 7.99. The number of carbonyl (C=O) groups excluding carboxylic acids is 1. The summed E-state index contributed by atoms with van der Waals surface area (Å²) in [4.78, 5) is 14.1. The van der Waals surface area contributed by atoms with Crippen LogP contribution in [-0.2, 0) is 0 Å². The number of ether oxygens (including phenoxy) is 1. The van der Waals surface area contributed by atoms with E-state index < -0.39 is 0 Å². The van der Waals surface area contributed by atoms with Crippen molar-refractivity contribution in [3.8, 4) is 11.5 Å². The molecule has 1 aliphatic rings. The molecule has 22 heavy (non-hydrogen) atoms. The average Bonchev–Trinajstić information content (AvgIpc) is 2.57. The van der Waals surface area contributed by atoms with Gasteiger partial charge < -0.3 is 15.0 Å². The molecule has 1 heterocycles. The number of carbonyl (C=O) groups is 1. The minimum Gasteiger partial charge on any atom is -0.457 e. The van der Waals surface area contributed by atoms with Gasteiger partial charge in [-0.2, -0.15) is 11.8 Å². The molecule has 0 saturated carbocycles. The zero-order valence-electron chi connectivity index (χ0n) is 12.2. The second-order valence-corrected chi connectivity index (χ2v) is 6.20. The smallest absolute Gasteiger partial charge is 0.321 e. The van der Waals surface area contributed by atoms with Crippen molar-refractivity contribution in [2.24, 2.45) is 0 Å². The number of rotatable bonds is 3. The number of thioether (sulfide) groups is 1. The quantitative estimate of drug-likeness (QED) is 0.929. The third-order valence-electron chi connectivity index (χ3n) is 3.36. The van der Waals surface area contributed by atoms with Crippen LogP contribution >= 0.6 is 11.8 Å². The van der Waals surface area contributed by atoms with Gasteiger partial charge in [-0.15, -0.1) is 0 Å². The SMILES string of the molecule is O=C(Nc1cccc(Oc2ccccc2)c1)N1CCSCC1. The summed E-state index contributed by atoms with van der Waals surface area (Å²) in [6, 6.07) is 17.0. The van der Waals surface area contributed by atoms with E-state index in [1.165, 1.54) is 0 Å². The summed E-state index contributed by atoms with van der Waals surface area (Å²) >= 11 is 1.88. The summed E-state index contributed by atoms with van der Waals surface area (Å²) in [5, 5.41) is 2.94. The molecule has 1 aliphatic heterocycles. The summed E-state index contributed by atoms with van der Waals surface area (Å²) in [6.45, 7) is 1.60. The molecule has 0 radical (unpaired) electrons. The standard InChI is InChI=1S/C17H18N2O2S/c20-17(19-9-11-22-12-10-19)18-14-5-4-8-16(13-14)21-15-6-2-1-3-7-15/h1-8,13H,9-12H2,(H,18,20). The van der Waals surface area contributed by atoms with E-state index in [1.807, 2.05) is 71.3 Å². The van der Waals surface area contributed by atoms with Crippen LogP contribution in [0.4, 0.5) is 10.5 Å². The number of para-hydroxylation sites is 1. The second kappa shape index (κ2) is 7.22. The molecule has 0 aliphatic carbocycles. The first kappa shape index (κ1) is 14.8. The van der Waals surface area contributed by atoms with Crippen LogP contribution in [0.5, 0.6) is 11.5 Å². The maximum absolute atomic E-state index is 12.2. The van der Waals surface area contributed by atoms with Gasteiger partial charge in [-0.05, 0) is 24.3 Å². The van der Waals surface area contributed by atoms with Gasteiger partial charge in [0.15, 0.2) is 0 Å². The molecule has 0 bridgehead atoms. The first-order valence-corrected chi connectivity index (χ1v) is 8.43. The van der Waals surface area contributed by atoms with E-state index >= 15 is 0 Å². The number of anilines is 1. The Labute approximate surface area is 134 Å². The van der Waals surface area contributed by atoms with Crippen molar-refractivity contribution < 1.29 is 9.53 Å². The van der Waals surface area contributed by atoms with Crippen LogP contribution < -0.4 is 10.1 Å². The van der Waals surface area contributed by atoms with E-state index in [2.05, 4.69) is 5.32 Å². The lowest BCUT2D eigenvalue weighted by atomic mass is 10.3. The Kier molecular flexibility index (Phi) is 4.85. The fourth-order valence-electron chi connectivity index (χ4n) is 2.23. The van der Waals surface area contributed by atoms with Crippen LogP contribution in [0.25, 0.3) is 0 Å². The van der Waals surface area contributed by atoms with E-state index in [0.717, 1.165) is 36.0 Å². The Morgan fingerprint density at radius 1 is 1.00 bits per heavy atom. The van der Waals surface area contributed by atoms with E-state index in [-0.39, 0.29) is 6.03 Å². The lowest BCUT2D eigenvalue weighted by Gasteiger charge is -2.26. The Morgan fingerprint density at radius 3 is 2.50 bits per heavy atom. The maximum Gasteiger partial charge on any atom is 0.321 e. The molecule has 0 atom stereocenters. The van der Waals surface area contributed by atoms with Crippen molar-refractivity contribution in [3.05, 3.63) is 54.6 Å². The van der Waals surface area contributed by atoms with Crippen LogP contribution in [0, 0.1) is 0 Å². The zero-order chi connectivity index (χ0) is 15.2. The zero-order valence-corrected chi connectivity index (χ0v) is 13.0. The van der Waals surface area contributed by atoms with Crippen molar-refractivity contribution in [1.29, 1.82) is 0 Å². The van der Waals surface area contributed by atoms with Crippen LogP contribution in [0.1, 0.15) is 0 Å². The largest absolute Gasteiger partial charge is 0.457 e. The molecule has 4 nitrogen and oxygen atoms in total. The summed E-state index contributed by atoms with van der Waals surface area (Å²) in [5.74, 6) is 3.49. The molecule has 1 N–H and O–H groups in total. The van der Waals surface area contributed by atoms with Gasteiger partial charge in [-0.3, -0.25) is 0 Å². The number of nitrogens with zero attached hydrogens (tertiary/aromatic N) is 1. The van der Waals surface area contributed by atoms with Gasteiger partial charge in [-0.25, -0.2) is 4.79 Å². The van der Waals surface area contributed by atoms with Gasteiger partial charge in [-0.1, -0.05) is 24.3 Å². The van der Waals surface area contributed by atoms with Gasteiger partial charge in [0.1, 0.15) is 11.5 Å². The van der Waals surface area contributed by atoms with Crippen molar-refractivity contribution in [1.82, 2.24) is 4.90 Å². The lowest BCUT2D eigenvalue weighted by molar-refractivity contribution is 0.217. The first-order valence-electron chi connectivity index (χ1n) is 7.28. The molecule has 114 valence electrons. The predicted octanol–water partition coefficient (Wildman–Crippen LogP) is 4.06. The maximum atomic E-state index is 12.2. The number of benzene rings is 2. The van der Waals surface area contributed by atoms with Crippen LogP contribution in [0.15, 0.2) is 54.6 Å². The highest BCUT2D eigenvalue weighted by atomic mass is 32.2. The van der Waals surface area contributed by atoms with Crippen LogP contribution in [0.3, 0.4) is 0 Å². The second-order valence-electron chi connectivity index (χ2n) is 4.97. The third kappa shape index (κ3) is 3.95. The summed E-state index contributed by atoms with van der Waals surface area (Å²) in [6.07, 6.45) is 0. The molecule has 1 fully saturated rings. The fraction of sp³-hybridized carbons (Fsp3) is 0.235. The molecule has 1 saturated heterocycles. The van der Waals surface area contributed by atoms with Crippen molar-refractivity contribution in [3.63, 3.8) is 0 Å². The number of nitrogens with one attached hydrogen (secondary N) is 1. The van der Waals surface area contributed by atoms with Gasteiger partial charge in [0.2, 0.25) is 0 Å². The molecule has 5 heteroatoms. The topological polar surface area (TPSA) is 41.6 Å². The Bertz CT molecular complexity index is 628. The lowest BCUT2D eigenvalue weighted by Crippen LogP contribution is -2.40. The molecule has 2 aromatic carbocycles. The predicted molar refractivity (Wildman–Crippen MR) is 90.9 cm³/mol. The highest BCUT2D eigenvalue weighted by Crippen LogP contribution is 2.24. The molecule has 2 aromatic rings. The third-order valence-corrected chi connectivity index (χ3v) is 4.31. The molecule has 3 rings (SSSR count). The van der Waals surface area contributed by atoms with Gasteiger partial charge >= 0.3 is 6.03 Å². The number of hydrogen-bond donors (Lipinski definition) is 1. The summed E-state index contributed by atoms with van der Waals surface area (Å²) in [5.41, 5.74) is 0.747. The average molecular weight is 314 g/mol. The van der Waals surface area contributed by atoms with Crippen LogP contribution in [0.2, 0.25) is 0 Å². The minimum atomic E-state index is -0.0443. The number of hydrogen-bond acceptors (Lipinski definition) is 3.